The summed E-state index contributed by atoms with van der Waals surface area (Å²) in [5, 5.41) is 3.75. The summed E-state index contributed by atoms with van der Waals surface area (Å²) in [6.45, 7) is 2.16. The number of rotatable bonds is 7. The minimum Gasteiger partial charge on any atom is -0.469 e. The quantitative estimate of drug-likeness (QED) is 0.639. The molecule has 0 amide bonds. The molecular formula is C14H19N5O5. The lowest BCUT2D eigenvalue weighted by atomic mass is 10.1. The maximum absolute atomic E-state index is 11.9. The number of aryl methyl sites for hydroxylation is 1. The van der Waals surface area contributed by atoms with Crippen molar-refractivity contribution in [3.05, 3.63) is 32.9 Å². The number of methoxy groups -OCH3 is 1. The van der Waals surface area contributed by atoms with E-state index in [1.54, 1.807) is 6.92 Å². The number of carbonyl (C=O) groups excluding carboxylic acids is 1. The number of H-pyrrole nitrogens is 1. The van der Waals surface area contributed by atoms with Gasteiger partial charge in [0.2, 0.25) is 11.7 Å². The predicted octanol–water partition coefficient (Wildman–Crippen LogP) is -0.570. The third-order valence-corrected chi connectivity index (χ3v) is 3.44. The van der Waals surface area contributed by atoms with Crippen LogP contribution in [0.4, 0.5) is 0 Å². The summed E-state index contributed by atoms with van der Waals surface area (Å²) >= 11 is 0. The number of aromatic nitrogens is 4. The topological polar surface area (TPSA) is 146 Å². The standard InChI is InChI=1S/C14H19N5O5/c1-3-19-7-9(13(21)17-14(19)22)12-16-10(24-18-12)6-8(15)4-5-11(20)23-2/h7-8H,3-6,15H2,1-2H3,(H,17,21,22)/t8-/m1/s1. The van der Waals surface area contributed by atoms with Gasteiger partial charge in [0.05, 0.1) is 7.11 Å². The molecule has 10 heteroatoms. The molecule has 0 aliphatic heterocycles. The first-order chi connectivity index (χ1) is 11.4. The molecule has 2 rings (SSSR count). The number of nitrogens with one attached hydrogen (secondary N) is 1. The second-order valence-corrected chi connectivity index (χ2v) is 5.18. The molecular weight excluding hydrogens is 318 g/mol. The minimum absolute atomic E-state index is 0.0774. The molecule has 0 aliphatic rings. The van der Waals surface area contributed by atoms with Crippen molar-refractivity contribution in [2.45, 2.75) is 38.8 Å². The Morgan fingerprint density at radius 2 is 2.25 bits per heavy atom. The van der Waals surface area contributed by atoms with Crippen LogP contribution in [0.15, 0.2) is 20.3 Å². The number of hydrogen-bond donors (Lipinski definition) is 2. The fourth-order valence-electron chi connectivity index (χ4n) is 2.08. The molecule has 0 spiro atoms. The number of esters is 1. The molecule has 2 aromatic rings. The molecule has 2 heterocycles. The van der Waals surface area contributed by atoms with E-state index in [1.807, 2.05) is 0 Å². The summed E-state index contributed by atoms with van der Waals surface area (Å²) in [4.78, 5) is 40.8. The van der Waals surface area contributed by atoms with Gasteiger partial charge in [0.1, 0.15) is 5.56 Å². The Morgan fingerprint density at radius 1 is 1.50 bits per heavy atom. The summed E-state index contributed by atoms with van der Waals surface area (Å²) < 4.78 is 11.0. The van der Waals surface area contributed by atoms with E-state index in [-0.39, 0.29) is 42.1 Å². The maximum Gasteiger partial charge on any atom is 0.328 e. The van der Waals surface area contributed by atoms with Gasteiger partial charge in [-0.25, -0.2) is 4.79 Å². The zero-order chi connectivity index (χ0) is 17.7. The van der Waals surface area contributed by atoms with E-state index in [9.17, 15) is 14.4 Å². The fraction of sp³-hybridized carbons (Fsp3) is 0.500. The monoisotopic (exact) mass is 337 g/mol. The van der Waals surface area contributed by atoms with E-state index in [4.69, 9.17) is 10.3 Å². The lowest BCUT2D eigenvalue weighted by Gasteiger charge is -2.07. The van der Waals surface area contributed by atoms with Crippen molar-refractivity contribution in [2.24, 2.45) is 5.73 Å². The molecule has 0 aromatic carbocycles. The number of hydrogen-bond acceptors (Lipinski definition) is 8. The summed E-state index contributed by atoms with van der Waals surface area (Å²) in [5.41, 5.74) is 4.95. The van der Waals surface area contributed by atoms with Gasteiger partial charge in [0.15, 0.2) is 0 Å². The normalized spacial score (nSPS) is 12.1. The van der Waals surface area contributed by atoms with E-state index in [0.717, 1.165) is 0 Å². The smallest absolute Gasteiger partial charge is 0.328 e. The molecule has 0 aliphatic carbocycles. The van der Waals surface area contributed by atoms with Crippen molar-refractivity contribution in [3.8, 4) is 11.4 Å². The zero-order valence-electron chi connectivity index (χ0n) is 13.4. The van der Waals surface area contributed by atoms with Crippen molar-refractivity contribution in [1.82, 2.24) is 19.7 Å². The van der Waals surface area contributed by atoms with Crippen LogP contribution in [0.2, 0.25) is 0 Å². The highest BCUT2D eigenvalue weighted by molar-refractivity contribution is 5.69. The van der Waals surface area contributed by atoms with Gasteiger partial charge in [-0.3, -0.25) is 14.6 Å². The Morgan fingerprint density at radius 3 is 2.92 bits per heavy atom. The van der Waals surface area contributed by atoms with E-state index in [0.29, 0.717) is 13.0 Å². The zero-order valence-corrected chi connectivity index (χ0v) is 13.4. The van der Waals surface area contributed by atoms with Crippen LogP contribution >= 0.6 is 0 Å². The fourth-order valence-corrected chi connectivity index (χ4v) is 2.08. The van der Waals surface area contributed by atoms with E-state index >= 15 is 0 Å². The Balaban J connectivity index is 2.12. The molecule has 2 aromatic heterocycles. The lowest BCUT2D eigenvalue weighted by molar-refractivity contribution is -0.140. The maximum atomic E-state index is 11.9. The van der Waals surface area contributed by atoms with Crippen molar-refractivity contribution < 1.29 is 14.1 Å². The van der Waals surface area contributed by atoms with Crippen LogP contribution in [-0.2, 0) is 22.5 Å². The summed E-state index contributed by atoms with van der Waals surface area (Å²) in [6.07, 6.45) is 2.24. The molecule has 10 nitrogen and oxygen atoms in total. The highest BCUT2D eigenvalue weighted by Crippen LogP contribution is 2.12. The van der Waals surface area contributed by atoms with Gasteiger partial charge in [0.25, 0.3) is 5.56 Å². The van der Waals surface area contributed by atoms with Crippen LogP contribution in [0.25, 0.3) is 11.4 Å². The number of nitrogens with zero attached hydrogens (tertiary/aromatic N) is 3. The van der Waals surface area contributed by atoms with Crippen molar-refractivity contribution in [2.75, 3.05) is 7.11 Å². The summed E-state index contributed by atoms with van der Waals surface area (Å²) in [6, 6.07) is -0.361. The molecule has 0 saturated heterocycles. The third kappa shape index (κ3) is 4.16. The Hall–Kier alpha value is -2.75. The van der Waals surface area contributed by atoms with Gasteiger partial charge >= 0.3 is 11.7 Å². The Labute approximate surface area is 136 Å². The number of carbonyl (C=O) groups is 1. The summed E-state index contributed by atoms with van der Waals surface area (Å²) in [5.74, 6) is -0.0188. The van der Waals surface area contributed by atoms with Crippen molar-refractivity contribution in [3.63, 3.8) is 0 Å². The second kappa shape index (κ2) is 7.68. The number of ether oxygens (including phenoxy) is 1. The van der Waals surface area contributed by atoms with E-state index in [1.165, 1.54) is 17.9 Å². The third-order valence-electron chi connectivity index (χ3n) is 3.44. The van der Waals surface area contributed by atoms with Gasteiger partial charge in [-0.15, -0.1) is 0 Å². The van der Waals surface area contributed by atoms with Gasteiger partial charge < -0.3 is 19.6 Å². The first-order valence-electron chi connectivity index (χ1n) is 7.43. The highest BCUT2D eigenvalue weighted by atomic mass is 16.5. The largest absolute Gasteiger partial charge is 0.469 e. The SMILES string of the molecule is CCn1cc(-c2noc(C[C@H](N)CCC(=O)OC)n2)c(=O)[nH]c1=O. The Kier molecular flexibility index (Phi) is 5.64. The average molecular weight is 337 g/mol. The first kappa shape index (κ1) is 17.6. The second-order valence-electron chi connectivity index (χ2n) is 5.18. The predicted molar refractivity (Wildman–Crippen MR) is 83.2 cm³/mol. The van der Waals surface area contributed by atoms with Gasteiger partial charge in [-0.2, -0.15) is 4.98 Å². The van der Waals surface area contributed by atoms with E-state index < -0.39 is 11.2 Å². The molecule has 0 unspecified atom stereocenters. The van der Waals surface area contributed by atoms with Crippen molar-refractivity contribution in [1.29, 1.82) is 0 Å². The molecule has 0 fully saturated rings. The Bertz CT molecular complexity index is 821. The lowest BCUT2D eigenvalue weighted by Crippen LogP contribution is -2.30. The van der Waals surface area contributed by atoms with Gasteiger partial charge in [-0.1, -0.05) is 5.16 Å². The molecule has 0 bridgehead atoms. The van der Waals surface area contributed by atoms with Crippen LogP contribution in [0.5, 0.6) is 0 Å². The number of nitrogens with two attached hydrogens (primary N) is 1. The molecule has 0 radical (unpaired) electrons. The molecule has 24 heavy (non-hydrogen) atoms. The number of aromatic amines is 1. The van der Waals surface area contributed by atoms with Crippen LogP contribution in [0.1, 0.15) is 25.7 Å². The van der Waals surface area contributed by atoms with Crippen molar-refractivity contribution >= 4 is 5.97 Å². The molecule has 1 atom stereocenters. The minimum atomic E-state index is -0.591. The summed E-state index contributed by atoms with van der Waals surface area (Å²) in [7, 11) is 1.31. The van der Waals surface area contributed by atoms with Gasteiger partial charge in [0, 0.05) is 31.6 Å². The average Bonchev–Trinajstić information content (AvgIpc) is 3.00. The molecule has 3 N–H and O–H groups in total. The molecule has 0 saturated carbocycles. The van der Waals surface area contributed by atoms with Gasteiger partial charge in [-0.05, 0) is 13.3 Å². The van der Waals surface area contributed by atoms with E-state index in [2.05, 4.69) is 19.9 Å². The molecule has 130 valence electrons. The first-order valence-corrected chi connectivity index (χ1v) is 7.43. The van der Waals surface area contributed by atoms with Crippen LogP contribution in [0, 0.1) is 0 Å². The highest BCUT2D eigenvalue weighted by Gasteiger charge is 2.16. The van der Waals surface area contributed by atoms with Crippen LogP contribution in [0.3, 0.4) is 0 Å². The van der Waals surface area contributed by atoms with Crippen LogP contribution < -0.4 is 17.0 Å². The van der Waals surface area contributed by atoms with Crippen LogP contribution in [-0.4, -0.2) is 38.8 Å².